The van der Waals surface area contributed by atoms with Crippen LogP contribution in [-0.2, 0) is 19.6 Å². The van der Waals surface area contributed by atoms with Gasteiger partial charge in [0.2, 0.25) is 15.9 Å². The monoisotopic (exact) mass is 328 g/mol. The number of amides is 1. The summed E-state index contributed by atoms with van der Waals surface area (Å²) in [6.45, 7) is 1.46. The normalized spacial score (nSPS) is 11.5. The molecule has 0 radical (unpaired) electrons. The van der Waals surface area contributed by atoms with E-state index in [2.05, 4.69) is 5.32 Å². The van der Waals surface area contributed by atoms with Crippen molar-refractivity contribution in [1.29, 1.82) is 0 Å². The van der Waals surface area contributed by atoms with Crippen LogP contribution < -0.4 is 5.32 Å². The summed E-state index contributed by atoms with van der Waals surface area (Å²) >= 11 is 0. The summed E-state index contributed by atoms with van der Waals surface area (Å²) in [5.41, 5.74) is 1.03. The quantitative estimate of drug-likeness (QED) is 0.710. The summed E-state index contributed by atoms with van der Waals surface area (Å²) in [7, 11) is -2.04. The van der Waals surface area contributed by atoms with Gasteiger partial charge in [-0.3, -0.25) is 9.59 Å². The van der Waals surface area contributed by atoms with Gasteiger partial charge in [-0.1, -0.05) is 0 Å². The lowest BCUT2D eigenvalue weighted by molar-refractivity contribution is -0.116. The number of hydrogen-bond donors (Lipinski definition) is 1. The number of Topliss-reactive ketones (excluding diaryl/α,β-unsaturated/α-hetero) is 1. The number of carbonyl (C=O) groups excluding carboxylic acids is 2. The van der Waals surface area contributed by atoms with Crippen molar-refractivity contribution >= 4 is 27.4 Å². The lowest BCUT2D eigenvalue weighted by atomic mass is 10.1. The van der Waals surface area contributed by atoms with E-state index in [4.69, 9.17) is 4.74 Å². The van der Waals surface area contributed by atoms with E-state index < -0.39 is 15.9 Å². The van der Waals surface area contributed by atoms with Crippen molar-refractivity contribution in [2.75, 3.05) is 38.4 Å². The summed E-state index contributed by atoms with van der Waals surface area (Å²) < 4.78 is 29.1. The van der Waals surface area contributed by atoms with Crippen molar-refractivity contribution in [1.82, 2.24) is 4.31 Å². The predicted molar refractivity (Wildman–Crippen MR) is 83.4 cm³/mol. The van der Waals surface area contributed by atoms with Crippen molar-refractivity contribution in [2.24, 2.45) is 0 Å². The molecule has 0 saturated heterocycles. The molecule has 0 saturated carbocycles. The Kier molecular flexibility index (Phi) is 6.66. The molecule has 0 aliphatic rings. The van der Waals surface area contributed by atoms with Gasteiger partial charge in [-0.2, -0.15) is 4.31 Å². The number of ether oxygens (including phenoxy) is 1. The second-order valence-electron chi connectivity index (χ2n) is 4.77. The van der Waals surface area contributed by atoms with E-state index in [1.807, 2.05) is 0 Å². The van der Waals surface area contributed by atoms with E-state index >= 15 is 0 Å². The molecular weight excluding hydrogens is 308 g/mol. The number of rotatable bonds is 8. The summed E-state index contributed by atoms with van der Waals surface area (Å²) in [4.78, 5) is 23.1. The molecule has 1 aromatic rings. The van der Waals surface area contributed by atoms with Gasteiger partial charge in [0.05, 0.1) is 19.4 Å². The molecule has 1 aromatic carbocycles. The molecule has 8 heteroatoms. The highest BCUT2D eigenvalue weighted by Crippen LogP contribution is 2.10. The Morgan fingerprint density at radius 1 is 1.23 bits per heavy atom. The first kappa shape index (κ1) is 18.3. The van der Waals surface area contributed by atoms with Gasteiger partial charge in [-0.05, 0) is 31.2 Å². The number of hydrogen-bond acceptors (Lipinski definition) is 5. The van der Waals surface area contributed by atoms with Crippen molar-refractivity contribution in [3.05, 3.63) is 29.8 Å². The lowest BCUT2D eigenvalue weighted by Crippen LogP contribution is -2.39. The molecule has 0 aliphatic carbocycles. The topological polar surface area (TPSA) is 92.8 Å². The molecule has 0 bridgehead atoms. The first-order valence-electron chi connectivity index (χ1n) is 6.59. The molecular formula is C14H20N2O5S. The van der Waals surface area contributed by atoms with Crippen LogP contribution in [0.2, 0.25) is 0 Å². The lowest BCUT2D eigenvalue weighted by Gasteiger charge is -2.19. The van der Waals surface area contributed by atoms with E-state index in [0.717, 1.165) is 10.6 Å². The molecule has 0 aromatic heterocycles. The Bertz CT molecular complexity index is 625. The minimum Gasteiger partial charge on any atom is -0.383 e. The smallest absolute Gasteiger partial charge is 0.239 e. The second kappa shape index (κ2) is 8.02. The van der Waals surface area contributed by atoms with Gasteiger partial charge in [0.15, 0.2) is 5.78 Å². The average molecular weight is 328 g/mol. The van der Waals surface area contributed by atoms with Gasteiger partial charge in [-0.25, -0.2) is 8.42 Å². The zero-order chi connectivity index (χ0) is 16.8. The number of nitrogens with one attached hydrogen (secondary N) is 1. The maximum atomic E-state index is 11.9. The van der Waals surface area contributed by atoms with Crippen LogP contribution in [0.1, 0.15) is 17.3 Å². The van der Waals surface area contributed by atoms with Gasteiger partial charge in [0.25, 0.3) is 0 Å². The highest BCUT2D eigenvalue weighted by atomic mass is 32.2. The molecule has 1 amide bonds. The third-order valence-corrected chi connectivity index (χ3v) is 4.16. The second-order valence-corrected chi connectivity index (χ2v) is 6.75. The number of carbonyl (C=O) groups is 2. The maximum Gasteiger partial charge on any atom is 0.239 e. The van der Waals surface area contributed by atoms with Crippen molar-refractivity contribution in [3.63, 3.8) is 0 Å². The molecule has 0 atom stereocenters. The van der Waals surface area contributed by atoms with Crippen molar-refractivity contribution < 1.29 is 22.7 Å². The summed E-state index contributed by atoms with van der Waals surface area (Å²) in [5, 5.41) is 2.59. The van der Waals surface area contributed by atoms with E-state index in [-0.39, 0.29) is 25.5 Å². The highest BCUT2D eigenvalue weighted by Gasteiger charge is 2.19. The summed E-state index contributed by atoms with van der Waals surface area (Å²) in [5.74, 6) is -0.530. The molecule has 7 nitrogen and oxygen atoms in total. The average Bonchev–Trinajstić information content (AvgIpc) is 2.42. The van der Waals surface area contributed by atoms with Crippen LogP contribution in [0.5, 0.6) is 0 Å². The van der Waals surface area contributed by atoms with Crippen LogP contribution in [0.3, 0.4) is 0 Å². The van der Waals surface area contributed by atoms with E-state index in [0.29, 0.717) is 11.3 Å². The number of nitrogens with zero attached hydrogens (tertiary/aromatic N) is 1. The first-order chi connectivity index (χ1) is 10.2. The summed E-state index contributed by atoms with van der Waals surface area (Å²) in [6, 6.07) is 6.37. The Balaban J connectivity index is 2.68. The maximum absolute atomic E-state index is 11.9. The van der Waals surface area contributed by atoms with Crippen LogP contribution in [0.15, 0.2) is 24.3 Å². The Morgan fingerprint density at radius 2 is 1.82 bits per heavy atom. The SMILES string of the molecule is COCCN(CC(=O)Nc1ccc(C(C)=O)cc1)S(C)(=O)=O. The zero-order valence-electron chi connectivity index (χ0n) is 12.8. The minimum absolute atomic E-state index is 0.0688. The van der Waals surface area contributed by atoms with Crippen molar-refractivity contribution in [2.45, 2.75) is 6.92 Å². The fraction of sp³-hybridized carbons (Fsp3) is 0.429. The van der Waals surface area contributed by atoms with Crippen LogP contribution in [0, 0.1) is 0 Å². The third-order valence-electron chi connectivity index (χ3n) is 2.91. The summed E-state index contributed by atoms with van der Waals surface area (Å²) in [6.07, 6.45) is 1.04. The molecule has 122 valence electrons. The number of sulfonamides is 1. The molecule has 0 spiro atoms. The van der Waals surface area contributed by atoms with Crippen molar-refractivity contribution in [3.8, 4) is 0 Å². The fourth-order valence-corrected chi connectivity index (χ4v) is 2.46. The molecule has 1 N–H and O–H groups in total. The van der Waals surface area contributed by atoms with Gasteiger partial charge in [0, 0.05) is 24.9 Å². The van der Waals surface area contributed by atoms with E-state index in [9.17, 15) is 18.0 Å². The fourth-order valence-electron chi connectivity index (χ4n) is 1.70. The third kappa shape index (κ3) is 5.92. The molecule has 0 heterocycles. The standard InChI is InChI=1S/C14H20N2O5S/c1-11(17)12-4-6-13(7-5-12)15-14(18)10-16(8-9-21-2)22(3,19)20/h4-7H,8-10H2,1-3H3,(H,15,18). The van der Waals surface area contributed by atoms with Crippen LogP contribution in [-0.4, -0.2) is 57.5 Å². The molecule has 0 unspecified atom stereocenters. The van der Waals surface area contributed by atoms with E-state index in [1.165, 1.54) is 14.0 Å². The number of ketones is 1. The zero-order valence-corrected chi connectivity index (χ0v) is 13.6. The Morgan fingerprint density at radius 3 is 2.27 bits per heavy atom. The van der Waals surface area contributed by atoms with E-state index in [1.54, 1.807) is 24.3 Å². The minimum atomic E-state index is -3.49. The van der Waals surface area contributed by atoms with Gasteiger partial charge in [-0.15, -0.1) is 0 Å². The Hall–Kier alpha value is -1.77. The Labute approximate surface area is 130 Å². The van der Waals surface area contributed by atoms with Gasteiger partial charge < -0.3 is 10.1 Å². The molecule has 1 rings (SSSR count). The van der Waals surface area contributed by atoms with Gasteiger partial charge >= 0.3 is 0 Å². The van der Waals surface area contributed by atoms with Crippen LogP contribution in [0.25, 0.3) is 0 Å². The predicted octanol–water partition coefficient (Wildman–Crippen LogP) is 0.736. The highest BCUT2D eigenvalue weighted by molar-refractivity contribution is 7.88. The number of anilines is 1. The van der Waals surface area contributed by atoms with Crippen LogP contribution in [0.4, 0.5) is 5.69 Å². The number of benzene rings is 1. The molecule has 22 heavy (non-hydrogen) atoms. The number of methoxy groups -OCH3 is 1. The molecule has 0 fully saturated rings. The van der Waals surface area contributed by atoms with Gasteiger partial charge in [0.1, 0.15) is 0 Å². The molecule has 0 aliphatic heterocycles. The first-order valence-corrected chi connectivity index (χ1v) is 8.44. The largest absolute Gasteiger partial charge is 0.383 e. The van der Waals surface area contributed by atoms with Crippen LogP contribution >= 0.6 is 0 Å².